The Morgan fingerprint density at radius 2 is 1.83 bits per heavy atom. The van der Waals surface area contributed by atoms with Crippen molar-refractivity contribution in [3.8, 4) is 11.5 Å². The van der Waals surface area contributed by atoms with Crippen molar-refractivity contribution in [1.82, 2.24) is 4.90 Å². The van der Waals surface area contributed by atoms with Crippen LogP contribution in [0.25, 0.3) is 6.08 Å². The molecule has 0 atom stereocenters. The molecule has 0 spiro atoms. The van der Waals surface area contributed by atoms with E-state index in [9.17, 15) is 4.79 Å². The van der Waals surface area contributed by atoms with Crippen LogP contribution in [0.4, 0.5) is 0 Å². The van der Waals surface area contributed by atoms with Crippen molar-refractivity contribution in [3.05, 3.63) is 65.7 Å². The number of carbonyl (C=O) groups is 1. The standard InChI is InChI=1S/C19H19NO3/c1-20(19(21)10-8-15-5-3-2-4-6-15)14-16-7-9-17-18(13-16)23-12-11-22-17/h2-10,13H,11-12,14H2,1H3/b10-8-. The van der Waals surface area contributed by atoms with E-state index in [2.05, 4.69) is 0 Å². The third-order valence-corrected chi connectivity index (χ3v) is 3.62. The fourth-order valence-corrected chi connectivity index (χ4v) is 2.40. The normalized spacial score (nSPS) is 13.1. The molecule has 0 fully saturated rings. The van der Waals surface area contributed by atoms with Gasteiger partial charge in [-0.1, -0.05) is 36.4 Å². The highest BCUT2D eigenvalue weighted by atomic mass is 16.6. The summed E-state index contributed by atoms with van der Waals surface area (Å²) in [5.74, 6) is 1.47. The van der Waals surface area contributed by atoms with E-state index < -0.39 is 0 Å². The minimum Gasteiger partial charge on any atom is -0.486 e. The highest BCUT2D eigenvalue weighted by Gasteiger charge is 2.13. The number of benzene rings is 2. The maximum atomic E-state index is 12.2. The zero-order valence-corrected chi connectivity index (χ0v) is 13.1. The molecule has 4 nitrogen and oxygen atoms in total. The molecule has 1 amide bonds. The maximum absolute atomic E-state index is 12.2. The first-order chi connectivity index (χ1) is 11.2. The van der Waals surface area contributed by atoms with Gasteiger partial charge in [0.25, 0.3) is 0 Å². The zero-order chi connectivity index (χ0) is 16.1. The Hall–Kier alpha value is -2.75. The summed E-state index contributed by atoms with van der Waals surface area (Å²) >= 11 is 0. The van der Waals surface area contributed by atoms with Crippen LogP contribution in [0, 0.1) is 0 Å². The van der Waals surface area contributed by atoms with Gasteiger partial charge < -0.3 is 14.4 Å². The third-order valence-electron chi connectivity index (χ3n) is 3.62. The Balaban J connectivity index is 1.63. The molecule has 0 N–H and O–H groups in total. The van der Waals surface area contributed by atoms with Crippen LogP contribution >= 0.6 is 0 Å². The average Bonchev–Trinajstić information content (AvgIpc) is 2.60. The summed E-state index contributed by atoms with van der Waals surface area (Å²) in [5, 5.41) is 0. The number of carbonyl (C=O) groups excluding carboxylic acids is 1. The van der Waals surface area contributed by atoms with Crippen molar-refractivity contribution in [2.24, 2.45) is 0 Å². The SMILES string of the molecule is CN(Cc1ccc2c(c1)OCCO2)C(=O)/C=C\c1ccccc1. The van der Waals surface area contributed by atoms with Gasteiger partial charge >= 0.3 is 0 Å². The molecule has 1 heterocycles. The van der Waals surface area contributed by atoms with Gasteiger partial charge in [-0.3, -0.25) is 4.79 Å². The summed E-state index contributed by atoms with van der Waals surface area (Å²) in [6, 6.07) is 15.5. The van der Waals surface area contributed by atoms with E-state index in [-0.39, 0.29) is 5.91 Å². The van der Waals surface area contributed by atoms with Crippen LogP contribution in [0.2, 0.25) is 0 Å². The Bertz CT molecular complexity index is 710. The number of ether oxygens (including phenoxy) is 2. The van der Waals surface area contributed by atoms with Gasteiger partial charge in [-0.05, 0) is 29.3 Å². The van der Waals surface area contributed by atoms with Crippen LogP contribution in [0.3, 0.4) is 0 Å². The smallest absolute Gasteiger partial charge is 0.246 e. The lowest BCUT2D eigenvalue weighted by molar-refractivity contribution is -0.125. The van der Waals surface area contributed by atoms with Gasteiger partial charge in [0.2, 0.25) is 5.91 Å². The molecule has 2 aromatic carbocycles. The summed E-state index contributed by atoms with van der Waals surface area (Å²) < 4.78 is 11.1. The Labute approximate surface area is 135 Å². The molecule has 118 valence electrons. The molecule has 0 radical (unpaired) electrons. The number of hydrogen-bond acceptors (Lipinski definition) is 3. The van der Waals surface area contributed by atoms with Crippen LogP contribution in [0.15, 0.2) is 54.6 Å². The highest BCUT2D eigenvalue weighted by Crippen LogP contribution is 2.31. The van der Waals surface area contributed by atoms with Crippen molar-refractivity contribution >= 4 is 12.0 Å². The number of rotatable bonds is 4. The fraction of sp³-hybridized carbons (Fsp3) is 0.211. The van der Waals surface area contributed by atoms with Crippen molar-refractivity contribution in [2.75, 3.05) is 20.3 Å². The molecule has 2 aromatic rings. The zero-order valence-electron chi connectivity index (χ0n) is 13.1. The van der Waals surface area contributed by atoms with Gasteiger partial charge in [-0.2, -0.15) is 0 Å². The second kappa shape index (κ2) is 7.01. The molecule has 0 unspecified atom stereocenters. The molecular weight excluding hydrogens is 290 g/mol. The second-order valence-corrected chi connectivity index (χ2v) is 5.42. The first-order valence-corrected chi connectivity index (χ1v) is 7.59. The van der Waals surface area contributed by atoms with Gasteiger partial charge in [0.05, 0.1) is 0 Å². The van der Waals surface area contributed by atoms with Crippen molar-refractivity contribution in [3.63, 3.8) is 0 Å². The summed E-state index contributed by atoms with van der Waals surface area (Å²) in [4.78, 5) is 13.9. The van der Waals surface area contributed by atoms with Crippen LogP contribution in [0.1, 0.15) is 11.1 Å². The largest absolute Gasteiger partial charge is 0.486 e. The third kappa shape index (κ3) is 3.92. The van der Waals surface area contributed by atoms with Crippen LogP contribution < -0.4 is 9.47 Å². The van der Waals surface area contributed by atoms with Gasteiger partial charge in [0.15, 0.2) is 11.5 Å². The van der Waals surface area contributed by atoms with E-state index in [1.54, 1.807) is 18.0 Å². The summed E-state index contributed by atoms with van der Waals surface area (Å²) in [7, 11) is 1.79. The van der Waals surface area contributed by atoms with E-state index >= 15 is 0 Å². The van der Waals surface area contributed by atoms with E-state index in [1.165, 1.54) is 0 Å². The first-order valence-electron chi connectivity index (χ1n) is 7.59. The number of likely N-dealkylation sites (N-methyl/N-ethyl adjacent to an activating group) is 1. The van der Waals surface area contributed by atoms with Crippen molar-refractivity contribution in [2.45, 2.75) is 6.54 Å². The van der Waals surface area contributed by atoms with Crippen LogP contribution in [-0.4, -0.2) is 31.1 Å². The molecule has 0 aliphatic carbocycles. The molecule has 4 heteroatoms. The molecule has 0 saturated heterocycles. The van der Waals surface area contributed by atoms with E-state index in [0.29, 0.717) is 19.8 Å². The molecular formula is C19H19NO3. The Kier molecular flexibility index (Phi) is 4.62. The number of amides is 1. The lowest BCUT2D eigenvalue weighted by atomic mass is 10.1. The molecule has 1 aliphatic heterocycles. The lowest BCUT2D eigenvalue weighted by Crippen LogP contribution is -2.24. The van der Waals surface area contributed by atoms with E-state index in [0.717, 1.165) is 22.6 Å². The minimum atomic E-state index is -0.0382. The van der Waals surface area contributed by atoms with Crippen LogP contribution in [0.5, 0.6) is 11.5 Å². The first kappa shape index (κ1) is 15.2. The summed E-state index contributed by atoms with van der Waals surface area (Å²) in [6.45, 7) is 1.66. The molecule has 3 rings (SSSR count). The average molecular weight is 309 g/mol. The maximum Gasteiger partial charge on any atom is 0.246 e. The molecule has 0 bridgehead atoms. The van der Waals surface area contributed by atoms with E-state index in [1.807, 2.05) is 54.6 Å². The van der Waals surface area contributed by atoms with Gasteiger partial charge in [-0.25, -0.2) is 0 Å². The summed E-state index contributed by atoms with van der Waals surface area (Å²) in [5.41, 5.74) is 2.02. The second-order valence-electron chi connectivity index (χ2n) is 5.42. The number of fused-ring (bicyclic) bond motifs is 1. The predicted octanol–water partition coefficient (Wildman–Crippen LogP) is 3.13. The number of hydrogen-bond donors (Lipinski definition) is 0. The van der Waals surface area contributed by atoms with Gasteiger partial charge in [-0.15, -0.1) is 0 Å². The van der Waals surface area contributed by atoms with Crippen LogP contribution in [-0.2, 0) is 11.3 Å². The quantitative estimate of drug-likeness (QED) is 0.815. The van der Waals surface area contributed by atoms with E-state index in [4.69, 9.17) is 9.47 Å². The molecule has 0 saturated carbocycles. The number of nitrogens with zero attached hydrogens (tertiary/aromatic N) is 1. The van der Waals surface area contributed by atoms with Crippen molar-refractivity contribution < 1.29 is 14.3 Å². The molecule has 23 heavy (non-hydrogen) atoms. The molecule has 0 aromatic heterocycles. The Morgan fingerprint density at radius 3 is 2.61 bits per heavy atom. The predicted molar refractivity (Wildman–Crippen MR) is 89.4 cm³/mol. The van der Waals surface area contributed by atoms with Gasteiger partial charge in [0, 0.05) is 19.7 Å². The Morgan fingerprint density at radius 1 is 1.09 bits per heavy atom. The van der Waals surface area contributed by atoms with Crippen molar-refractivity contribution in [1.29, 1.82) is 0 Å². The molecule has 1 aliphatic rings. The summed E-state index contributed by atoms with van der Waals surface area (Å²) in [6.07, 6.45) is 3.41. The fourth-order valence-electron chi connectivity index (χ4n) is 2.40. The van der Waals surface area contributed by atoms with Gasteiger partial charge in [0.1, 0.15) is 13.2 Å². The monoisotopic (exact) mass is 309 g/mol. The highest BCUT2D eigenvalue weighted by molar-refractivity contribution is 5.91. The lowest BCUT2D eigenvalue weighted by Gasteiger charge is -2.20. The minimum absolute atomic E-state index is 0.0382. The topological polar surface area (TPSA) is 38.8 Å².